The van der Waals surface area contributed by atoms with Gasteiger partial charge in [0, 0.05) is 38.7 Å². The number of rotatable bonds is 1. The molecule has 1 aliphatic rings. The van der Waals surface area contributed by atoms with Crippen molar-refractivity contribution in [1.82, 2.24) is 14.8 Å². The van der Waals surface area contributed by atoms with Gasteiger partial charge in [0.1, 0.15) is 5.52 Å². The number of aromatic nitrogens is 1. The van der Waals surface area contributed by atoms with Crippen LogP contribution in [0, 0.1) is 0 Å². The van der Waals surface area contributed by atoms with E-state index in [-0.39, 0.29) is 11.8 Å². The van der Waals surface area contributed by atoms with Crippen LogP contribution in [-0.2, 0) is 4.79 Å². The summed E-state index contributed by atoms with van der Waals surface area (Å²) in [7, 11) is 0. The fraction of sp³-hybridized carbons (Fsp3) is 0.400. The second-order valence-corrected chi connectivity index (χ2v) is 5.19. The minimum Gasteiger partial charge on any atom is -0.443 e. The Kier molecular flexibility index (Phi) is 3.60. The molecule has 0 spiro atoms. The zero-order valence-electron chi connectivity index (χ0n) is 11.9. The number of carbonyl (C=O) groups excluding carboxylic acids is 2. The number of fused-ring (bicyclic) bond motifs is 1. The number of amides is 2. The molecule has 0 unspecified atom stereocenters. The van der Waals surface area contributed by atoms with Crippen molar-refractivity contribution in [2.45, 2.75) is 13.3 Å². The Morgan fingerprint density at radius 2 is 1.90 bits per heavy atom. The lowest BCUT2D eigenvalue weighted by Crippen LogP contribution is -2.36. The monoisotopic (exact) mass is 287 g/mol. The molecule has 6 nitrogen and oxygen atoms in total. The molecule has 0 aliphatic carbocycles. The van der Waals surface area contributed by atoms with Crippen LogP contribution in [0.4, 0.5) is 0 Å². The maximum absolute atomic E-state index is 12.6. The van der Waals surface area contributed by atoms with E-state index >= 15 is 0 Å². The molecule has 0 N–H and O–H groups in total. The van der Waals surface area contributed by atoms with Gasteiger partial charge in [-0.1, -0.05) is 0 Å². The molecule has 0 bridgehead atoms. The van der Waals surface area contributed by atoms with E-state index in [1.807, 2.05) is 0 Å². The molecule has 1 aromatic carbocycles. The van der Waals surface area contributed by atoms with Gasteiger partial charge >= 0.3 is 0 Å². The highest BCUT2D eigenvalue weighted by atomic mass is 16.3. The van der Waals surface area contributed by atoms with Crippen molar-refractivity contribution in [3.05, 3.63) is 30.2 Å². The molecule has 2 heterocycles. The van der Waals surface area contributed by atoms with E-state index in [4.69, 9.17) is 4.42 Å². The van der Waals surface area contributed by atoms with Crippen molar-refractivity contribution in [1.29, 1.82) is 0 Å². The van der Waals surface area contributed by atoms with Crippen molar-refractivity contribution >= 4 is 22.9 Å². The van der Waals surface area contributed by atoms with Crippen molar-refractivity contribution in [2.75, 3.05) is 26.2 Å². The maximum atomic E-state index is 12.6. The first-order chi connectivity index (χ1) is 10.1. The predicted molar refractivity (Wildman–Crippen MR) is 76.8 cm³/mol. The van der Waals surface area contributed by atoms with Gasteiger partial charge in [-0.25, -0.2) is 4.98 Å². The van der Waals surface area contributed by atoms with Gasteiger partial charge in [-0.15, -0.1) is 0 Å². The summed E-state index contributed by atoms with van der Waals surface area (Å²) >= 11 is 0. The highest BCUT2D eigenvalue weighted by Crippen LogP contribution is 2.16. The highest BCUT2D eigenvalue weighted by Gasteiger charge is 2.21. The van der Waals surface area contributed by atoms with Crippen molar-refractivity contribution in [3.63, 3.8) is 0 Å². The average Bonchev–Trinajstić information content (AvgIpc) is 2.80. The smallest absolute Gasteiger partial charge is 0.254 e. The molecule has 1 saturated heterocycles. The summed E-state index contributed by atoms with van der Waals surface area (Å²) in [5, 5.41) is 0. The van der Waals surface area contributed by atoms with Gasteiger partial charge < -0.3 is 14.2 Å². The van der Waals surface area contributed by atoms with E-state index in [9.17, 15) is 9.59 Å². The molecule has 0 radical (unpaired) electrons. The molecule has 1 aromatic heterocycles. The second kappa shape index (κ2) is 5.55. The number of benzene rings is 1. The minimum atomic E-state index is -0.0290. The number of hydrogen-bond acceptors (Lipinski definition) is 4. The third-order valence-corrected chi connectivity index (χ3v) is 3.81. The van der Waals surface area contributed by atoms with Crippen LogP contribution in [-0.4, -0.2) is 52.8 Å². The normalized spacial score (nSPS) is 16.0. The minimum absolute atomic E-state index is 0.0290. The molecule has 1 fully saturated rings. The Hall–Kier alpha value is -2.37. The number of oxazole rings is 1. The van der Waals surface area contributed by atoms with Gasteiger partial charge in [0.25, 0.3) is 5.91 Å². The van der Waals surface area contributed by atoms with E-state index in [2.05, 4.69) is 4.98 Å². The van der Waals surface area contributed by atoms with E-state index in [0.29, 0.717) is 37.3 Å². The van der Waals surface area contributed by atoms with E-state index in [0.717, 1.165) is 11.9 Å². The predicted octanol–water partition coefficient (Wildman–Crippen LogP) is 1.52. The fourth-order valence-electron chi connectivity index (χ4n) is 2.61. The zero-order valence-corrected chi connectivity index (χ0v) is 11.9. The van der Waals surface area contributed by atoms with Crippen molar-refractivity contribution in [3.8, 4) is 0 Å². The molecule has 6 heteroatoms. The largest absolute Gasteiger partial charge is 0.443 e. The van der Waals surface area contributed by atoms with Gasteiger partial charge in [-0.2, -0.15) is 0 Å². The van der Waals surface area contributed by atoms with Crippen LogP contribution in [0.2, 0.25) is 0 Å². The van der Waals surface area contributed by atoms with E-state index in [1.54, 1.807) is 34.9 Å². The molecule has 0 atom stereocenters. The number of hydrogen-bond donors (Lipinski definition) is 0. The SMILES string of the molecule is CC(=O)N1CCCN(C(=O)c2ccc3ncoc3c2)CC1. The Bertz CT molecular complexity index is 680. The lowest BCUT2D eigenvalue weighted by Gasteiger charge is -2.21. The Balaban J connectivity index is 1.76. The van der Waals surface area contributed by atoms with Gasteiger partial charge in [0.15, 0.2) is 12.0 Å². The standard InChI is InChI=1S/C15H17N3O3/c1-11(19)17-5-2-6-18(8-7-17)15(20)12-3-4-13-14(9-12)21-10-16-13/h3-4,9-10H,2,5-8H2,1H3. The molecule has 3 rings (SSSR count). The quantitative estimate of drug-likeness (QED) is 0.797. The highest BCUT2D eigenvalue weighted by molar-refractivity contribution is 5.97. The lowest BCUT2D eigenvalue weighted by molar-refractivity contribution is -0.128. The van der Waals surface area contributed by atoms with Crippen LogP contribution in [0.25, 0.3) is 11.1 Å². The summed E-state index contributed by atoms with van der Waals surface area (Å²) in [5.41, 5.74) is 1.95. The van der Waals surface area contributed by atoms with Gasteiger partial charge in [0.2, 0.25) is 5.91 Å². The van der Waals surface area contributed by atoms with Crippen LogP contribution < -0.4 is 0 Å². The second-order valence-electron chi connectivity index (χ2n) is 5.19. The zero-order chi connectivity index (χ0) is 14.8. The first-order valence-corrected chi connectivity index (χ1v) is 7.03. The molecular formula is C15H17N3O3. The average molecular weight is 287 g/mol. The molecule has 110 valence electrons. The Morgan fingerprint density at radius 1 is 1.14 bits per heavy atom. The first-order valence-electron chi connectivity index (χ1n) is 7.03. The Morgan fingerprint density at radius 3 is 2.71 bits per heavy atom. The summed E-state index contributed by atoms with van der Waals surface area (Å²) in [4.78, 5) is 31.6. The van der Waals surface area contributed by atoms with Crippen LogP contribution in [0.15, 0.2) is 29.0 Å². The van der Waals surface area contributed by atoms with Crippen LogP contribution in [0.1, 0.15) is 23.7 Å². The molecule has 21 heavy (non-hydrogen) atoms. The van der Waals surface area contributed by atoms with Crippen LogP contribution >= 0.6 is 0 Å². The van der Waals surface area contributed by atoms with Gasteiger partial charge in [0.05, 0.1) is 0 Å². The topological polar surface area (TPSA) is 66.7 Å². The molecular weight excluding hydrogens is 270 g/mol. The summed E-state index contributed by atoms with van der Waals surface area (Å²) < 4.78 is 5.23. The molecule has 2 amide bonds. The summed E-state index contributed by atoms with van der Waals surface area (Å²) in [6, 6.07) is 5.27. The molecule has 0 saturated carbocycles. The number of carbonyl (C=O) groups is 2. The summed E-state index contributed by atoms with van der Waals surface area (Å²) in [6.45, 7) is 4.09. The lowest BCUT2D eigenvalue weighted by atomic mass is 10.1. The number of nitrogens with zero attached hydrogens (tertiary/aromatic N) is 3. The van der Waals surface area contributed by atoms with Crippen molar-refractivity contribution in [2.24, 2.45) is 0 Å². The Labute approximate surface area is 122 Å². The molecule has 1 aliphatic heterocycles. The first kappa shape index (κ1) is 13.6. The summed E-state index contributed by atoms with van der Waals surface area (Å²) in [5.74, 6) is 0.0334. The fourth-order valence-corrected chi connectivity index (χ4v) is 2.61. The molecule has 2 aromatic rings. The third kappa shape index (κ3) is 2.74. The van der Waals surface area contributed by atoms with Gasteiger partial charge in [-0.05, 0) is 24.6 Å². The third-order valence-electron chi connectivity index (χ3n) is 3.81. The van der Waals surface area contributed by atoms with Gasteiger partial charge in [-0.3, -0.25) is 9.59 Å². The maximum Gasteiger partial charge on any atom is 0.254 e. The van der Waals surface area contributed by atoms with Crippen LogP contribution in [0.3, 0.4) is 0 Å². The van der Waals surface area contributed by atoms with Crippen LogP contribution in [0.5, 0.6) is 0 Å². The van der Waals surface area contributed by atoms with Crippen molar-refractivity contribution < 1.29 is 14.0 Å². The van der Waals surface area contributed by atoms with E-state index < -0.39 is 0 Å². The van der Waals surface area contributed by atoms with E-state index in [1.165, 1.54) is 6.39 Å². The summed E-state index contributed by atoms with van der Waals surface area (Å²) in [6.07, 6.45) is 2.17.